The Morgan fingerprint density at radius 3 is 2.83 bits per heavy atom. The molecule has 1 aliphatic rings. The highest BCUT2D eigenvalue weighted by Crippen LogP contribution is 2.23. The maximum Gasteiger partial charge on any atom is 0.329 e. The van der Waals surface area contributed by atoms with Gasteiger partial charge in [0.1, 0.15) is 6.04 Å². The minimum Gasteiger partial charge on any atom is -0.464 e. The van der Waals surface area contributed by atoms with Gasteiger partial charge in [0.05, 0.1) is 12.8 Å². The summed E-state index contributed by atoms with van der Waals surface area (Å²) >= 11 is 1.66. The number of benzene rings is 1. The fourth-order valence-electron chi connectivity index (χ4n) is 2.58. The maximum atomic E-state index is 12.8. The van der Waals surface area contributed by atoms with Crippen LogP contribution in [0.1, 0.15) is 17.3 Å². The van der Waals surface area contributed by atoms with Gasteiger partial charge in [0.25, 0.3) is 5.91 Å². The van der Waals surface area contributed by atoms with Gasteiger partial charge < -0.3 is 14.1 Å². The molecule has 2 heterocycles. The van der Waals surface area contributed by atoms with E-state index in [4.69, 9.17) is 9.15 Å². The standard InChI is InChI=1S/C17H18N2O4S/c1-2-22-17(21)14-10-24-8-7-19(14)16(20)13-5-3-12(4-6-13)15-9-18-11-23-15/h3-6,9,11,14H,2,7-8,10H2,1H3. The summed E-state index contributed by atoms with van der Waals surface area (Å²) in [5.74, 6) is 1.54. The zero-order valence-corrected chi connectivity index (χ0v) is 14.1. The number of amides is 1. The SMILES string of the molecule is CCOC(=O)C1CSCCN1C(=O)c1ccc(-c2cnco2)cc1. The van der Waals surface area contributed by atoms with Gasteiger partial charge in [-0.2, -0.15) is 11.8 Å². The molecule has 2 aromatic rings. The number of ether oxygens (including phenoxy) is 1. The Balaban J connectivity index is 1.77. The Kier molecular flexibility index (Phi) is 5.20. The second kappa shape index (κ2) is 7.53. The van der Waals surface area contributed by atoms with Crippen molar-refractivity contribution in [2.24, 2.45) is 0 Å². The van der Waals surface area contributed by atoms with E-state index in [1.165, 1.54) is 6.39 Å². The third kappa shape index (κ3) is 3.46. The van der Waals surface area contributed by atoms with Crippen LogP contribution in [0, 0.1) is 0 Å². The number of hydrogen-bond donors (Lipinski definition) is 0. The molecule has 3 rings (SSSR count). The molecular formula is C17H18N2O4S. The van der Waals surface area contributed by atoms with Gasteiger partial charge in [0, 0.05) is 29.2 Å². The van der Waals surface area contributed by atoms with Crippen LogP contribution >= 0.6 is 11.8 Å². The van der Waals surface area contributed by atoms with Gasteiger partial charge in [0.2, 0.25) is 0 Å². The largest absolute Gasteiger partial charge is 0.464 e. The van der Waals surface area contributed by atoms with Crippen molar-refractivity contribution in [2.75, 3.05) is 24.7 Å². The molecule has 1 amide bonds. The number of carbonyl (C=O) groups is 2. The molecule has 1 fully saturated rings. The summed E-state index contributed by atoms with van der Waals surface area (Å²) in [7, 11) is 0. The summed E-state index contributed by atoms with van der Waals surface area (Å²) in [5, 5.41) is 0. The molecule has 24 heavy (non-hydrogen) atoms. The quantitative estimate of drug-likeness (QED) is 0.792. The lowest BCUT2D eigenvalue weighted by Gasteiger charge is -2.33. The molecule has 6 nitrogen and oxygen atoms in total. The molecule has 1 unspecified atom stereocenters. The number of rotatable bonds is 4. The Labute approximate surface area is 144 Å². The number of thioether (sulfide) groups is 1. The number of oxazole rings is 1. The molecule has 1 saturated heterocycles. The van der Waals surface area contributed by atoms with Crippen LogP contribution < -0.4 is 0 Å². The van der Waals surface area contributed by atoms with Crippen LogP contribution in [0.2, 0.25) is 0 Å². The van der Waals surface area contributed by atoms with E-state index in [0.29, 0.717) is 30.2 Å². The Morgan fingerprint density at radius 1 is 1.38 bits per heavy atom. The molecule has 0 N–H and O–H groups in total. The van der Waals surface area contributed by atoms with Crippen LogP contribution in [-0.4, -0.2) is 52.5 Å². The summed E-state index contributed by atoms with van der Waals surface area (Å²) in [5.41, 5.74) is 1.39. The highest BCUT2D eigenvalue weighted by molar-refractivity contribution is 7.99. The van der Waals surface area contributed by atoms with E-state index in [2.05, 4.69) is 4.98 Å². The molecule has 0 spiro atoms. The summed E-state index contributed by atoms with van der Waals surface area (Å²) in [4.78, 5) is 30.4. The van der Waals surface area contributed by atoms with Crippen molar-refractivity contribution in [3.05, 3.63) is 42.4 Å². The van der Waals surface area contributed by atoms with Crippen LogP contribution in [-0.2, 0) is 9.53 Å². The molecule has 1 aliphatic heterocycles. The first-order chi connectivity index (χ1) is 11.7. The summed E-state index contributed by atoms with van der Waals surface area (Å²) < 4.78 is 10.3. The third-order valence-corrected chi connectivity index (χ3v) is 4.82. The fourth-order valence-corrected chi connectivity index (χ4v) is 3.61. The van der Waals surface area contributed by atoms with Crippen LogP contribution in [0.4, 0.5) is 0 Å². The van der Waals surface area contributed by atoms with Gasteiger partial charge in [-0.25, -0.2) is 9.78 Å². The van der Waals surface area contributed by atoms with Crippen molar-refractivity contribution in [1.29, 1.82) is 0 Å². The summed E-state index contributed by atoms with van der Waals surface area (Å²) in [6.07, 6.45) is 2.99. The van der Waals surface area contributed by atoms with Crippen LogP contribution in [0.15, 0.2) is 41.3 Å². The predicted molar refractivity (Wildman–Crippen MR) is 90.7 cm³/mol. The van der Waals surface area contributed by atoms with Crippen molar-refractivity contribution >= 4 is 23.6 Å². The minimum atomic E-state index is -0.523. The van der Waals surface area contributed by atoms with E-state index >= 15 is 0 Å². The molecule has 0 aliphatic carbocycles. The first kappa shape index (κ1) is 16.6. The second-order valence-corrected chi connectivity index (χ2v) is 6.43. The molecule has 1 aromatic heterocycles. The lowest BCUT2D eigenvalue weighted by Crippen LogP contribution is -2.51. The Morgan fingerprint density at radius 2 is 2.17 bits per heavy atom. The fraction of sp³-hybridized carbons (Fsp3) is 0.353. The van der Waals surface area contributed by atoms with E-state index in [1.807, 2.05) is 12.1 Å². The lowest BCUT2D eigenvalue weighted by molar-refractivity contribution is -0.147. The van der Waals surface area contributed by atoms with Gasteiger partial charge in [-0.05, 0) is 19.1 Å². The zero-order chi connectivity index (χ0) is 16.9. The Hall–Kier alpha value is -2.28. The molecule has 0 bridgehead atoms. The number of nitrogens with zero attached hydrogens (tertiary/aromatic N) is 2. The molecule has 1 atom stereocenters. The predicted octanol–water partition coefficient (Wildman–Crippen LogP) is 2.46. The van der Waals surface area contributed by atoms with Crippen molar-refractivity contribution in [3.63, 3.8) is 0 Å². The molecule has 126 valence electrons. The van der Waals surface area contributed by atoms with Crippen molar-refractivity contribution in [1.82, 2.24) is 9.88 Å². The van der Waals surface area contributed by atoms with E-state index in [0.717, 1.165) is 11.3 Å². The third-order valence-electron chi connectivity index (χ3n) is 3.80. The van der Waals surface area contributed by atoms with E-state index in [1.54, 1.807) is 41.9 Å². The topological polar surface area (TPSA) is 72.6 Å². The number of hydrogen-bond acceptors (Lipinski definition) is 6. The van der Waals surface area contributed by atoms with Crippen molar-refractivity contribution in [3.8, 4) is 11.3 Å². The smallest absolute Gasteiger partial charge is 0.329 e. The minimum absolute atomic E-state index is 0.155. The average Bonchev–Trinajstić information content (AvgIpc) is 3.16. The molecular weight excluding hydrogens is 328 g/mol. The second-order valence-electron chi connectivity index (χ2n) is 5.28. The van der Waals surface area contributed by atoms with Gasteiger partial charge in [0.15, 0.2) is 12.2 Å². The zero-order valence-electron chi connectivity index (χ0n) is 13.3. The van der Waals surface area contributed by atoms with Gasteiger partial charge in [-0.1, -0.05) is 12.1 Å². The highest BCUT2D eigenvalue weighted by Gasteiger charge is 2.34. The molecule has 7 heteroatoms. The monoisotopic (exact) mass is 346 g/mol. The first-order valence-corrected chi connectivity index (χ1v) is 8.90. The van der Waals surface area contributed by atoms with Crippen molar-refractivity contribution < 1.29 is 18.7 Å². The van der Waals surface area contributed by atoms with E-state index in [9.17, 15) is 9.59 Å². The van der Waals surface area contributed by atoms with Crippen LogP contribution in [0.3, 0.4) is 0 Å². The van der Waals surface area contributed by atoms with Gasteiger partial charge in [-0.3, -0.25) is 4.79 Å². The van der Waals surface area contributed by atoms with E-state index < -0.39 is 6.04 Å². The van der Waals surface area contributed by atoms with Crippen LogP contribution in [0.5, 0.6) is 0 Å². The number of aromatic nitrogens is 1. The maximum absolute atomic E-state index is 12.8. The van der Waals surface area contributed by atoms with Crippen LogP contribution in [0.25, 0.3) is 11.3 Å². The highest BCUT2D eigenvalue weighted by atomic mass is 32.2. The number of carbonyl (C=O) groups excluding carboxylic acids is 2. The first-order valence-electron chi connectivity index (χ1n) is 7.75. The average molecular weight is 346 g/mol. The molecule has 1 aromatic carbocycles. The Bertz CT molecular complexity index is 700. The number of esters is 1. The molecule has 0 radical (unpaired) electrons. The molecule has 0 saturated carbocycles. The van der Waals surface area contributed by atoms with Gasteiger partial charge >= 0.3 is 5.97 Å². The van der Waals surface area contributed by atoms with E-state index in [-0.39, 0.29) is 11.9 Å². The summed E-state index contributed by atoms with van der Waals surface area (Å²) in [6, 6.07) is 6.58. The normalized spacial score (nSPS) is 17.5. The van der Waals surface area contributed by atoms with Crippen molar-refractivity contribution in [2.45, 2.75) is 13.0 Å². The summed E-state index contributed by atoms with van der Waals surface area (Å²) in [6.45, 7) is 2.62. The van der Waals surface area contributed by atoms with Gasteiger partial charge in [-0.15, -0.1) is 0 Å². The lowest BCUT2D eigenvalue weighted by atomic mass is 10.1.